The van der Waals surface area contributed by atoms with Crippen LogP contribution in [-0.2, 0) is 89.4 Å². The van der Waals surface area contributed by atoms with Gasteiger partial charge in [-0.25, -0.2) is 35.5 Å². The van der Waals surface area contributed by atoms with Crippen molar-refractivity contribution in [1.82, 2.24) is 28.5 Å². The molecule has 85 heavy (non-hydrogen) atoms. The molecule has 460 valence electrons. The van der Waals surface area contributed by atoms with Gasteiger partial charge in [0.05, 0.1) is 99.1 Å². The summed E-state index contributed by atoms with van der Waals surface area (Å²) in [6.45, 7) is 6.99. The van der Waals surface area contributed by atoms with E-state index in [-0.39, 0.29) is 88.0 Å². The molecule has 2 radical (unpaired) electrons. The van der Waals surface area contributed by atoms with Gasteiger partial charge in [0, 0.05) is 35.9 Å². The SMILES string of the molecule is CC(C)=O.CC(C)=O.COc1ccc(C(=O)[O-])cc1OC.COc1ccc(C(=O)[O-])cc1OC.Cc1cc(S(=O)(=O)N(Cc2ccccn2)Cc2ccccn2)c([O-])c(S(=O)(=O)N(Cc2ccccn2)Cc2ccccn2)c1.[Co+2].[Co+2].[O-][Cl+3]([O-])([O-])[O-]. The van der Waals surface area contributed by atoms with Gasteiger partial charge < -0.3 is 53.4 Å². The molecule has 0 unspecified atom stereocenters. The fraction of sp³-hybridized carbons (Fsp3) is 0.236. The van der Waals surface area contributed by atoms with Crippen molar-refractivity contribution in [2.45, 2.75) is 70.6 Å². The number of halogens is 1. The molecule has 0 N–H and O–H groups in total. The van der Waals surface area contributed by atoms with Crippen molar-refractivity contribution in [2.24, 2.45) is 0 Å². The molecule has 0 atom stereocenters. The van der Waals surface area contributed by atoms with Gasteiger partial charge in [0.15, 0.2) is 23.0 Å². The van der Waals surface area contributed by atoms with Crippen LogP contribution < -0.4 is 52.9 Å². The van der Waals surface area contributed by atoms with Crippen LogP contribution in [-0.4, -0.2) is 97.3 Å². The molecule has 7 aromatic rings. The Bertz CT molecular complexity index is 3110. The summed E-state index contributed by atoms with van der Waals surface area (Å²) < 4.78 is 113. The van der Waals surface area contributed by atoms with Gasteiger partial charge in [0.25, 0.3) is 0 Å². The third-order valence-corrected chi connectivity index (χ3v) is 13.5. The summed E-state index contributed by atoms with van der Waals surface area (Å²) in [5.74, 6) is -1.52. The average Bonchev–Trinajstić information content (AvgIpc) is 2.50. The van der Waals surface area contributed by atoms with Crippen LogP contribution >= 0.6 is 0 Å². The number of aryl methyl sites for hydroxylation is 1. The first-order valence-corrected chi connectivity index (χ1v) is 27.9. The number of ether oxygens (including phenoxy) is 4. The van der Waals surface area contributed by atoms with E-state index in [2.05, 4.69) is 19.9 Å². The first-order valence-electron chi connectivity index (χ1n) is 23.8. The molecule has 0 bridgehead atoms. The smallest absolute Gasteiger partial charge is 0.871 e. The summed E-state index contributed by atoms with van der Waals surface area (Å²) >= 11 is 0. The van der Waals surface area contributed by atoms with Crippen LogP contribution in [0.15, 0.2) is 156 Å². The van der Waals surface area contributed by atoms with Gasteiger partial charge in [0.1, 0.15) is 11.6 Å². The number of benzene rings is 3. The van der Waals surface area contributed by atoms with Gasteiger partial charge in [-0.15, -0.1) is 10.2 Å². The van der Waals surface area contributed by atoms with Crippen LogP contribution in [0.3, 0.4) is 0 Å². The summed E-state index contributed by atoms with van der Waals surface area (Å²) in [6, 6.07) is 31.3. The quantitative estimate of drug-likeness (QED) is 0.109. The summed E-state index contributed by atoms with van der Waals surface area (Å²) in [4.78, 5) is 55.5. The van der Waals surface area contributed by atoms with E-state index in [1.807, 2.05) is 0 Å². The van der Waals surface area contributed by atoms with Gasteiger partial charge in [-0.05, 0) is 137 Å². The molecule has 25 nitrogen and oxygen atoms in total. The maximum Gasteiger partial charge on any atom is 2.00 e. The number of carbonyl (C=O) groups excluding carboxylic acids is 4. The van der Waals surface area contributed by atoms with Crippen LogP contribution in [0.1, 0.15) is 76.8 Å². The topological polar surface area (TPSA) is 393 Å². The number of nitrogens with zero attached hydrogens (tertiary/aromatic N) is 6. The molecule has 0 aliphatic heterocycles. The molecule has 0 aliphatic rings. The number of hydrogen-bond donors (Lipinski definition) is 0. The maximum atomic E-state index is 14.2. The fourth-order valence-electron chi connectivity index (χ4n) is 6.44. The number of aromatic carboxylic acids is 2. The van der Waals surface area contributed by atoms with Gasteiger partial charge in [-0.2, -0.15) is 8.61 Å². The number of ketones is 2. The normalized spacial score (nSPS) is 10.4. The molecule has 0 fully saturated rings. The number of hydrogen-bond acceptors (Lipinski definition) is 23. The monoisotopic (exact) mass is 1320 g/mol. The Morgan fingerprint density at radius 1 is 0.459 bits per heavy atom. The van der Waals surface area contributed by atoms with E-state index >= 15 is 0 Å². The van der Waals surface area contributed by atoms with Crippen LogP contribution in [0.5, 0.6) is 28.7 Å². The number of aromatic nitrogens is 4. The minimum atomic E-state index is -4.94. The molecular weight excluding hydrogens is 1270 g/mol. The van der Waals surface area contributed by atoms with Crippen molar-refractivity contribution in [3.8, 4) is 28.7 Å². The number of carboxylic acid groups (broad SMARTS) is 2. The zero-order chi connectivity index (χ0) is 62.5. The third kappa shape index (κ3) is 28.3. The van der Waals surface area contributed by atoms with E-state index in [1.165, 1.54) is 129 Å². The predicted molar refractivity (Wildman–Crippen MR) is 281 cm³/mol. The maximum absolute atomic E-state index is 14.2. The second kappa shape index (κ2) is 38.4. The van der Waals surface area contributed by atoms with Crippen molar-refractivity contribution in [1.29, 1.82) is 0 Å². The van der Waals surface area contributed by atoms with Gasteiger partial charge in [-0.1, -0.05) is 30.0 Å². The molecule has 0 amide bonds. The van der Waals surface area contributed by atoms with Crippen molar-refractivity contribution in [2.75, 3.05) is 28.4 Å². The number of methoxy groups -OCH3 is 4. The average molecular weight is 1330 g/mol. The van der Waals surface area contributed by atoms with E-state index in [9.17, 15) is 51.3 Å². The number of rotatable bonds is 18. The zero-order valence-corrected chi connectivity index (χ0v) is 51.5. The third-order valence-electron chi connectivity index (χ3n) is 9.90. The van der Waals surface area contributed by atoms with E-state index in [0.717, 1.165) is 8.61 Å². The molecule has 0 saturated heterocycles. The number of sulfonamides is 2. The Balaban J connectivity index is 0.00000139. The summed E-state index contributed by atoms with van der Waals surface area (Å²) in [7, 11) is -8.18. The van der Waals surface area contributed by atoms with Crippen LogP contribution in [0.2, 0.25) is 0 Å². The van der Waals surface area contributed by atoms with Crippen molar-refractivity contribution in [3.63, 3.8) is 0 Å². The second-order valence-electron chi connectivity index (χ2n) is 16.8. The first kappa shape index (κ1) is 77.5. The van der Waals surface area contributed by atoms with Crippen molar-refractivity contribution in [3.05, 3.63) is 186 Å². The Morgan fingerprint density at radius 3 is 0.906 bits per heavy atom. The molecule has 7 rings (SSSR count). The van der Waals surface area contributed by atoms with E-state index < -0.39 is 57.8 Å². The molecule has 0 saturated carbocycles. The molecule has 3 aromatic carbocycles. The van der Waals surface area contributed by atoms with E-state index in [0.29, 0.717) is 45.8 Å². The molecule has 0 spiro atoms. The van der Waals surface area contributed by atoms with Crippen molar-refractivity contribution < 1.29 is 133 Å². The Hall–Kier alpha value is -7.50. The second-order valence-corrected chi connectivity index (χ2v) is 21.4. The van der Waals surface area contributed by atoms with Gasteiger partial charge in [0.2, 0.25) is 20.0 Å². The number of pyridine rings is 4. The van der Waals surface area contributed by atoms with E-state index in [1.54, 1.807) is 79.7 Å². The largest absolute Gasteiger partial charge is 2.00 e. The Labute approximate surface area is 515 Å². The predicted octanol–water partition coefficient (Wildman–Crippen LogP) is -0.00498. The summed E-state index contributed by atoms with van der Waals surface area (Å²) in [6.07, 6.45) is 6.15. The summed E-state index contributed by atoms with van der Waals surface area (Å²) in [5.41, 5.74) is 2.19. The van der Waals surface area contributed by atoms with Gasteiger partial charge in [-0.3, -0.25) is 19.9 Å². The number of Topliss-reactive ketones (excluding diaryl/α,β-unsaturated/α-hetero) is 2. The molecule has 30 heteroatoms. The molecule has 0 aliphatic carbocycles. The van der Waals surface area contributed by atoms with Crippen LogP contribution in [0.4, 0.5) is 0 Å². The molecule has 4 aromatic heterocycles. The minimum absolute atomic E-state index is 0. The Kier molecular flexibility index (Phi) is 35.1. The minimum Gasteiger partial charge on any atom is -0.871 e. The Morgan fingerprint density at radius 2 is 0.706 bits per heavy atom. The molecule has 4 heterocycles. The fourth-order valence-corrected chi connectivity index (χ4v) is 9.62. The zero-order valence-electron chi connectivity index (χ0n) is 47.0. The van der Waals surface area contributed by atoms with Gasteiger partial charge >= 0.3 is 33.6 Å². The molecular formula is C55H59ClCo2N6O19S2. The first-order chi connectivity index (χ1) is 39.0. The van der Waals surface area contributed by atoms with Crippen LogP contribution in [0.25, 0.3) is 0 Å². The number of carboxylic acids is 2. The summed E-state index contributed by atoms with van der Waals surface area (Å²) in [5, 5.41) is 34.9. The standard InChI is InChI=1S/C31H30N6O5S2.2C9H10O4.2C3H6O.ClHO4.2Co/c1-24-18-29(43(39,40)36(20-25-10-2-6-14-32-25)21-26-11-3-7-15-33-26)31(38)30(19-24)44(41,42)37(22-27-12-4-8-16-34-27)23-28-13-5-9-17-35-28;2*1-12-7-4-3-6(9(10)11)5-8(7)13-2;2*1-3(2)4;2-1(3,4)5;;/h2-19,38H,20-23H2,1H3;2*3-5H,1-2H3,(H,10,11);2*1-2H3;(H,2,3,4,5);;/q;;;;;;2*+2/p-4. The number of carbonyl (C=O) groups is 4. The van der Waals surface area contributed by atoms with E-state index in [4.69, 9.17) is 37.6 Å². The van der Waals surface area contributed by atoms with Crippen LogP contribution in [0, 0.1) is 17.2 Å². The van der Waals surface area contributed by atoms with Crippen molar-refractivity contribution >= 4 is 43.6 Å².